The summed E-state index contributed by atoms with van der Waals surface area (Å²) in [5, 5.41) is 18.6. The second kappa shape index (κ2) is 7.51. The Labute approximate surface area is 167 Å². The van der Waals surface area contributed by atoms with Crippen LogP contribution in [-0.2, 0) is 10.2 Å². The normalized spacial score (nSPS) is 14.2. The number of imidazole rings is 1. The molecule has 3 rings (SSSR count). The quantitative estimate of drug-likeness (QED) is 0.523. The molecule has 2 aromatic rings. The number of carbonyl (C=O) groups is 2. The molecule has 0 saturated carbocycles. The SMILES string of the molecule is CC(C)(C(=O)O)c1cc(C(=O)c2nc(C#N)c[nH]2)c(F)c(C2=CCCCC2)c1N. The van der Waals surface area contributed by atoms with E-state index in [9.17, 15) is 14.7 Å². The summed E-state index contributed by atoms with van der Waals surface area (Å²) in [6.45, 7) is 2.90. The molecule has 0 atom stereocenters. The van der Waals surface area contributed by atoms with Gasteiger partial charge in [-0.05, 0) is 56.7 Å². The van der Waals surface area contributed by atoms with E-state index in [1.807, 2.05) is 6.08 Å². The second-order valence-electron chi connectivity index (χ2n) is 7.55. The van der Waals surface area contributed by atoms with Gasteiger partial charge in [-0.15, -0.1) is 0 Å². The fourth-order valence-electron chi connectivity index (χ4n) is 3.47. The number of carboxylic acid groups (broad SMARTS) is 1. The van der Waals surface area contributed by atoms with E-state index < -0.39 is 23.0 Å². The molecule has 0 radical (unpaired) electrons. The van der Waals surface area contributed by atoms with Gasteiger partial charge < -0.3 is 15.8 Å². The average molecular weight is 396 g/mol. The Kier molecular flexibility index (Phi) is 5.25. The molecule has 29 heavy (non-hydrogen) atoms. The summed E-state index contributed by atoms with van der Waals surface area (Å²) in [6.07, 6.45) is 6.30. The fourth-order valence-corrected chi connectivity index (χ4v) is 3.47. The number of hydrogen-bond donors (Lipinski definition) is 3. The number of hydrogen-bond acceptors (Lipinski definition) is 5. The number of H-pyrrole nitrogens is 1. The van der Waals surface area contributed by atoms with E-state index in [4.69, 9.17) is 11.0 Å². The van der Waals surface area contributed by atoms with Gasteiger partial charge in [0.25, 0.3) is 0 Å². The van der Waals surface area contributed by atoms with Gasteiger partial charge in [0.15, 0.2) is 11.5 Å². The number of ketones is 1. The summed E-state index contributed by atoms with van der Waals surface area (Å²) in [6, 6.07) is 2.98. The molecule has 4 N–H and O–H groups in total. The molecule has 0 fully saturated rings. The zero-order chi connectivity index (χ0) is 21.3. The first-order chi connectivity index (χ1) is 13.7. The van der Waals surface area contributed by atoms with Gasteiger partial charge in [0.05, 0.1) is 11.0 Å². The molecule has 0 aliphatic heterocycles. The van der Waals surface area contributed by atoms with E-state index in [0.717, 1.165) is 19.3 Å². The number of rotatable bonds is 5. The molecule has 1 heterocycles. The number of nitrogen functional groups attached to an aromatic ring is 1. The molecule has 0 spiro atoms. The number of nitriles is 1. The molecule has 0 amide bonds. The molecule has 8 heteroatoms. The van der Waals surface area contributed by atoms with Crippen molar-refractivity contribution in [2.45, 2.75) is 44.9 Å². The molecule has 1 aromatic heterocycles. The highest BCUT2D eigenvalue weighted by molar-refractivity contribution is 6.08. The zero-order valence-electron chi connectivity index (χ0n) is 16.2. The largest absolute Gasteiger partial charge is 0.481 e. The molecule has 1 aliphatic rings. The minimum absolute atomic E-state index is 0.00879. The molecule has 0 unspecified atom stereocenters. The van der Waals surface area contributed by atoms with Gasteiger partial charge in [-0.25, -0.2) is 9.37 Å². The Balaban J connectivity index is 2.28. The Morgan fingerprint density at radius 3 is 2.66 bits per heavy atom. The van der Waals surface area contributed by atoms with E-state index in [1.54, 1.807) is 6.07 Å². The van der Waals surface area contributed by atoms with Crippen molar-refractivity contribution in [3.63, 3.8) is 0 Å². The van der Waals surface area contributed by atoms with Crippen LogP contribution in [0.1, 0.15) is 72.5 Å². The lowest BCUT2D eigenvalue weighted by Crippen LogP contribution is -2.31. The lowest BCUT2D eigenvalue weighted by atomic mass is 9.79. The van der Waals surface area contributed by atoms with Crippen molar-refractivity contribution in [2.75, 3.05) is 5.73 Å². The number of anilines is 1. The van der Waals surface area contributed by atoms with Crippen molar-refractivity contribution in [2.24, 2.45) is 0 Å². The molecule has 1 aliphatic carbocycles. The highest BCUT2D eigenvalue weighted by Gasteiger charge is 2.36. The summed E-state index contributed by atoms with van der Waals surface area (Å²) < 4.78 is 15.5. The first-order valence-electron chi connectivity index (χ1n) is 9.24. The standard InChI is InChI=1S/C21H21FN4O3/c1-21(2,20(28)29)14-8-13(18(27)19-25-10-12(9-23)26-19)16(22)15(17(14)24)11-6-4-3-5-7-11/h6,8,10H,3-5,7,24H2,1-2H3,(H,25,26)(H,28,29). The van der Waals surface area contributed by atoms with E-state index in [-0.39, 0.29) is 33.9 Å². The summed E-state index contributed by atoms with van der Waals surface area (Å²) in [5.74, 6) is -2.93. The number of halogens is 1. The summed E-state index contributed by atoms with van der Waals surface area (Å²) in [5.41, 5.74) is 5.39. The van der Waals surface area contributed by atoms with Crippen LogP contribution >= 0.6 is 0 Å². The van der Waals surface area contributed by atoms with Crippen molar-refractivity contribution >= 4 is 23.0 Å². The Morgan fingerprint density at radius 2 is 2.10 bits per heavy atom. The minimum atomic E-state index is -1.45. The van der Waals surface area contributed by atoms with Crippen molar-refractivity contribution in [1.29, 1.82) is 5.26 Å². The number of aromatic amines is 1. The van der Waals surface area contributed by atoms with Gasteiger partial charge in [0.1, 0.15) is 11.9 Å². The molecular weight excluding hydrogens is 375 g/mol. The van der Waals surface area contributed by atoms with Gasteiger partial charge >= 0.3 is 5.97 Å². The molecule has 0 saturated heterocycles. The molecular formula is C21H21FN4O3. The third-order valence-electron chi connectivity index (χ3n) is 5.28. The van der Waals surface area contributed by atoms with Gasteiger partial charge in [-0.3, -0.25) is 9.59 Å². The predicted octanol–water partition coefficient (Wildman–Crippen LogP) is 3.55. The van der Waals surface area contributed by atoms with Gasteiger partial charge in [0.2, 0.25) is 5.78 Å². The van der Waals surface area contributed by atoms with Crippen LogP contribution in [0.3, 0.4) is 0 Å². The van der Waals surface area contributed by atoms with Crippen LogP contribution < -0.4 is 5.73 Å². The first-order valence-corrected chi connectivity index (χ1v) is 9.24. The number of nitrogens with one attached hydrogen (secondary N) is 1. The number of nitrogens with two attached hydrogens (primary N) is 1. The van der Waals surface area contributed by atoms with E-state index in [1.165, 1.54) is 26.1 Å². The third kappa shape index (κ3) is 3.51. The maximum Gasteiger partial charge on any atom is 0.313 e. The van der Waals surface area contributed by atoms with E-state index in [0.29, 0.717) is 12.0 Å². The Morgan fingerprint density at radius 1 is 1.38 bits per heavy atom. The van der Waals surface area contributed by atoms with Crippen molar-refractivity contribution in [1.82, 2.24) is 9.97 Å². The van der Waals surface area contributed by atoms with Crippen LogP contribution in [-0.4, -0.2) is 26.8 Å². The first kappa shape index (κ1) is 20.3. The maximum absolute atomic E-state index is 15.5. The van der Waals surface area contributed by atoms with Gasteiger partial charge in [-0.2, -0.15) is 5.26 Å². The Bertz CT molecular complexity index is 1080. The highest BCUT2D eigenvalue weighted by Crippen LogP contribution is 2.40. The smallest absolute Gasteiger partial charge is 0.313 e. The van der Waals surface area contributed by atoms with Gasteiger partial charge in [0, 0.05) is 17.4 Å². The lowest BCUT2D eigenvalue weighted by Gasteiger charge is -2.26. The summed E-state index contributed by atoms with van der Waals surface area (Å²) in [7, 11) is 0. The third-order valence-corrected chi connectivity index (χ3v) is 5.28. The van der Waals surface area contributed by atoms with Crippen molar-refractivity contribution < 1.29 is 19.1 Å². The molecule has 150 valence electrons. The monoisotopic (exact) mass is 396 g/mol. The minimum Gasteiger partial charge on any atom is -0.481 e. The van der Waals surface area contributed by atoms with E-state index in [2.05, 4.69) is 9.97 Å². The zero-order valence-corrected chi connectivity index (χ0v) is 16.2. The van der Waals surface area contributed by atoms with Crippen LogP contribution in [0.5, 0.6) is 0 Å². The number of aliphatic carboxylic acids is 1. The second-order valence-corrected chi connectivity index (χ2v) is 7.55. The van der Waals surface area contributed by atoms with E-state index >= 15 is 4.39 Å². The number of carboxylic acids is 1. The van der Waals surface area contributed by atoms with Gasteiger partial charge in [-0.1, -0.05) is 6.08 Å². The summed E-state index contributed by atoms with van der Waals surface area (Å²) >= 11 is 0. The topological polar surface area (TPSA) is 133 Å². The van der Waals surface area contributed by atoms with Crippen LogP contribution in [0, 0.1) is 17.1 Å². The number of allylic oxidation sites excluding steroid dienone is 2. The Hall–Kier alpha value is -3.47. The fraction of sp³-hybridized carbons (Fsp3) is 0.333. The van der Waals surface area contributed by atoms with Crippen LogP contribution in [0.2, 0.25) is 0 Å². The molecule has 1 aromatic carbocycles. The van der Waals surface area contributed by atoms with Crippen LogP contribution in [0.15, 0.2) is 18.3 Å². The molecule has 0 bridgehead atoms. The van der Waals surface area contributed by atoms with Crippen LogP contribution in [0.4, 0.5) is 10.1 Å². The number of carbonyl (C=O) groups excluding carboxylic acids is 1. The number of nitrogens with zero attached hydrogens (tertiary/aromatic N) is 2. The molecule has 7 nitrogen and oxygen atoms in total. The lowest BCUT2D eigenvalue weighted by molar-refractivity contribution is -0.142. The maximum atomic E-state index is 15.5. The van der Waals surface area contributed by atoms with Crippen LogP contribution in [0.25, 0.3) is 5.57 Å². The number of benzene rings is 1. The highest BCUT2D eigenvalue weighted by atomic mass is 19.1. The average Bonchev–Trinajstić information content (AvgIpc) is 3.17. The van der Waals surface area contributed by atoms with Crippen molar-refractivity contribution in [3.8, 4) is 6.07 Å². The predicted molar refractivity (Wildman–Crippen MR) is 105 cm³/mol. The van der Waals surface area contributed by atoms with Crippen molar-refractivity contribution in [3.05, 3.63) is 52.4 Å². The summed E-state index contributed by atoms with van der Waals surface area (Å²) in [4.78, 5) is 31.2. The number of aromatic nitrogens is 2.